The van der Waals surface area contributed by atoms with E-state index in [0.29, 0.717) is 0 Å². The van der Waals surface area contributed by atoms with Crippen molar-refractivity contribution in [2.45, 2.75) is 0 Å². The fraction of sp³-hybridized carbons (Fsp3) is 0. The number of rotatable bonds is 3. The molecule has 0 bridgehead atoms. The van der Waals surface area contributed by atoms with Crippen LogP contribution >= 0.6 is 15.9 Å². The molecule has 0 amide bonds. The first-order valence-corrected chi connectivity index (χ1v) is 8.45. The zero-order chi connectivity index (χ0) is 16.4. The highest BCUT2D eigenvalue weighted by molar-refractivity contribution is 9.10. The Bertz CT molecular complexity index is 945. The molecule has 0 atom stereocenters. The van der Waals surface area contributed by atoms with Gasteiger partial charge < -0.3 is 0 Å². The van der Waals surface area contributed by atoms with Crippen molar-refractivity contribution in [2.24, 2.45) is 0 Å². The molecule has 4 rings (SSSR count). The first kappa shape index (κ1) is 14.8. The van der Waals surface area contributed by atoms with Gasteiger partial charge in [-0.25, -0.2) is 4.68 Å². The van der Waals surface area contributed by atoms with Crippen LogP contribution in [0.1, 0.15) is 0 Å². The normalized spacial score (nSPS) is 10.7. The molecule has 3 aromatic carbocycles. The zero-order valence-electron chi connectivity index (χ0n) is 12.8. The van der Waals surface area contributed by atoms with Crippen LogP contribution in [-0.4, -0.2) is 15.0 Å². The van der Waals surface area contributed by atoms with Crippen molar-refractivity contribution in [3.63, 3.8) is 0 Å². The van der Waals surface area contributed by atoms with Gasteiger partial charge in [0.15, 0.2) is 0 Å². The molecule has 0 aliphatic carbocycles. The molecule has 0 fully saturated rings. The van der Waals surface area contributed by atoms with Gasteiger partial charge in [-0.05, 0) is 24.3 Å². The summed E-state index contributed by atoms with van der Waals surface area (Å²) in [6.45, 7) is 0. The predicted octanol–water partition coefficient (Wildman–Crippen LogP) is 5.36. The fourth-order valence-corrected chi connectivity index (χ4v) is 2.95. The van der Waals surface area contributed by atoms with Crippen molar-refractivity contribution in [2.75, 3.05) is 0 Å². The third-order valence-corrected chi connectivity index (χ3v) is 4.36. The average Bonchev–Trinajstić information content (AvgIpc) is 3.09. The van der Waals surface area contributed by atoms with E-state index in [1.165, 1.54) is 0 Å². The van der Waals surface area contributed by atoms with Crippen molar-refractivity contribution < 1.29 is 0 Å². The van der Waals surface area contributed by atoms with Crippen LogP contribution in [0.5, 0.6) is 0 Å². The zero-order valence-corrected chi connectivity index (χ0v) is 14.4. The number of nitrogens with zero attached hydrogens (tertiary/aromatic N) is 3. The second-order valence-corrected chi connectivity index (χ2v) is 6.32. The first-order chi connectivity index (χ1) is 11.8. The standard InChI is InChI=1S/C20H14BrN3/c21-17-11-13-18(14-12-17)24-20(16-9-5-2-6-10-16)19(22-23-24)15-7-3-1-4-8-15/h1-14H. The number of hydrogen-bond donors (Lipinski definition) is 0. The number of halogens is 1. The van der Waals surface area contributed by atoms with Gasteiger partial charge in [-0.3, -0.25) is 0 Å². The summed E-state index contributed by atoms with van der Waals surface area (Å²) in [5.74, 6) is 0. The minimum atomic E-state index is 0.879. The Morgan fingerprint density at radius 3 is 1.88 bits per heavy atom. The third kappa shape index (κ3) is 2.76. The van der Waals surface area contributed by atoms with Crippen LogP contribution in [0.2, 0.25) is 0 Å². The number of hydrogen-bond acceptors (Lipinski definition) is 2. The molecule has 0 saturated carbocycles. The molecule has 4 heteroatoms. The number of benzene rings is 3. The lowest BCUT2D eigenvalue weighted by molar-refractivity contribution is 0.808. The lowest BCUT2D eigenvalue weighted by Crippen LogP contribution is -1.99. The van der Waals surface area contributed by atoms with Gasteiger partial charge in [0.1, 0.15) is 11.4 Å². The maximum atomic E-state index is 4.46. The van der Waals surface area contributed by atoms with E-state index in [1.54, 1.807) is 0 Å². The molecule has 0 radical (unpaired) electrons. The lowest BCUT2D eigenvalue weighted by atomic mass is 10.0. The second kappa shape index (κ2) is 6.42. The Morgan fingerprint density at radius 2 is 1.25 bits per heavy atom. The van der Waals surface area contributed by atoms with Gasteiger partial charge in [0.2, 0.25) is 0 Å². The topological polar surface area (TPSA) is 30.7 Å². The summed E-state index contributed by atoms with van der Waals surface area (Å²) in [5, 5.41) is 8.88. The molecule has 0 aliphatic rings. The third-order valence-electron chi connectivity index (χ3n) is 3.84. The molecule has 0 unspecified atom stereocenters. The molecule has 24 heavy (non-hydrogen) atoms. The Balaban J connectivity index is 1.95. The van der Waals surface area contributed by atoms with Gasteiger partial charge in [0.05, 0.1) is 5.69 Å². The monoisotopic (exact) mass is 375 g/mol. The van der Waals surface area contributed by atoms with Gasteiger partial charge >= 0.3 is 0 Å². The van der Waals surface area contributed by atoms with E-state index in [-0.39, 0.29) is 0 Å². The predicted molar refractivity (Wildman–Crippen MR) is 99.9 cm³/mol. The molecule has 0 spiro atoms. The van der Waals surface area contributed by atoms with Crippen LogP contribution in [0, 0.1) is 0 Å². The van der Waals surface area contributed by atoms with Crippen molar-refractivity contribution in [1.82, 2.24) is 15.0 Å². The van der Waals surface area contributed by atoms with Crippen LogP contribution in [0.25, 0.3) is 28.2 Å². The first-order valence-electron chi connectivity index (χ1n) is 7.65. The van der Waals surface area contributed by atoms with E-state index in [0.717, 1.165) is 32.7 Å². The summed E-state index contributed by atoms with van der Waals surface area (Å²) in [4.78, 5) is 0. The van der Waals surface area contributed by atoms with E-state index in [1.807, 2.05) is 65.3 Å². The molecular formula is C20H14BrN3. The smallest absolute Gasteiger partial charge is 0.121 e. The highest BCUT2D eigenvalue weighted by atomic mass is 79.9. The maximum absolute atomic E-state index is 4.46. The van der Waals surface area contributed by atoms with E-state index in [2.05, 4.69) is 50.5 Å². The summed E-state index contributed by atoms with van der Waals surface area (Å²) in [5.41, 5.74) is 4.99. The van der Waals surface area contributed by atoms with Crippen LogP contribution in [0.4, 0.5) is 0 Å². The molecule has 0 saturated heterocycles. The van der Waals surface area contributed by atoms with E-state index in [4.69, 9.17) is 0 Å². The Morgan fingerprint density at radius 1 is 0.667 bits per heavy atom. The van der Waals surface area contributed by atoms with Crippen LogP contribution in [-0.2, 0) is 0 Å². The summed E-state index contributed by atoms with van der Waals surface area (Å²) in [7, 11) is 0. The largest absolute Gasteiger partial charge is 0.212 e. The van der Waals surface area contributed by atoms with Gasteiger partial charge in [-0.15, -0.1) is 5.10 Å². The molecule has 0 aliphatic heterocycles. The van der Waals surface area contributed by atoms with E-state index >= 15 is 0 Å². The molecule has 1 heterocycles. The van der Waals surface area contributed by atoms with Crippen molar-refractivity contribution in [3.8, 4) is 28.2 Å². The summed E-state index contributed by atoms with van der Waals surface area (Å²) >= 11 is 3.48. The van der Waals surface area contributed by atoms with E-state index < -0.39 is 0 Å². The fourth-order valence-electron chi connectivity index (χ4n) is 2.69. The Hall–Kier alpha value is -2.72. The SMILES string of the molecule is Brc1ccc(-n2nnc(-c3ccccc3)c2-c2ccccc2)cc1. The van der Waals surface area contributed by atoms with E-state index in [9.17, 15) is 0 Å². The van der Waals surface area contributed by atoms with Gasteiger partial charge in [-0.1, -0.05) is 81.8 Å². The minimum Gasteiger partial charge on any atom is -0.212 e. The molecule has 116 valence electrons. The van der Waals surface area contributed by atoms with Gasteiger partial charge in [0, 0.05) is 15.6 Å². The van der Waals surface area contributed by atoms with Crippen LogP contribution < -0.4 is 0 Å². The Kier molecular flexibility index (Phi) is 3.97. The quantitative estimate of drug-likeness (QED) is 0.482. The molecular weight excluding hydrogens is 362 g/mol. The second-order valence-electron chi connectivity index (χ2n) is 5.41. The molecule has 0 N–H and O–H groups in total. The van der Waals surface area contributed by atoms with Crippen molar-refractivity contribution in [3.05, 3.63) is 89.4 Å². The van der Waals surface area contributed by atoms with Crippen LogP contribution in [0.15, 0.2) is 89.4 Å². The van der Waals surface area contributed by atoms with Gasteiger partial charge in [-0.2, -0.15) is 0 Å². The molecule has 1 aromatic heterocycles. The molecule has 3 nitrogen and oxygen atoms in total. The summed E-state index contributed by atoms with van der Waals surface area (Å²) < 4.78 is 2.93. The minimum absolute atomic E-state index is 0.879. The number of aromatic nitrogens is 3. The lowest BCUT2D eigenvalue weighted by Gasteiger charge is -2.09. The summed E-state index contributed by atoms with van der Waals surface area (Å²) in [6.07, 6.45) is 0. The maximum Gasteiger partial charge on any atom is 0.121 e. The van der Waals surface area contributed by atoms with Crippen molar-refractivity contribution >= 4 is 15.9 Å². The highest BCUT2D eigenvalue weighted by Crippen LogP contribution is 2.32. The highest BCUT2D eigenvalue weighted by Gasteiger charge is 2.17. The average molecular weight is 376 g/mol. The molecule has 4 aromatic rings. The summed E-state index contributed by atoms with van der Waals surface area (Å²) in [6, 6.07) is 28.5. The van der Waals surface area contributed by atoms with Crippen molar-refractivity contribution in [1.29, 1.82) is 0 Å². The van der Waals surface area contributed by atoms with Gasteiger partial charge in [0.25, 0.3) is 0 Å². The Labute approximate surface area is 148 Å². The van der Waals surface area contributed by atoms with Crippen LogP contribution in [0.3, 0.4) is 0 Å².